The Kier molecular flexibility index (Phi) is 3.15. The van der Waals surface area contributed by atoms with Gasteiger partial charge in [-0.3, -0.25) is 4.79 Å². The minimum Gasteiger partial charge on any atom is -0.381 e. The maximum absolute atomic E-state index is 11.5. The van der Waals surface area contributed by atoms with Gasteiger partial charge in [0.2, 0.25) is 0 Å². The van der Waals surface area contributed by atoms with Gasteiger partial charge in [-0.1, -0.05) is 12.1 Å². The van der Waals surface area contributed by atoms with Gasteiger partial charge in [0.15, 0.2) is 0 Å². The summed E-state index contributed by atoms with van der Waals surface area (Å²) in [5, 5.41) is 12.2. The van der Waals surface area contributed by atoms with Gasteiger partial charge in [-0.15, -0.1) is 0 Å². The molecule has 1 amide bonds. The van der Waals surface area contributed by atoms with E-state index in [4.69, 9.17) is 0 Å². The third-order valence-corrected chi connectivity index (χ3v) is 2.20. The first-order valence-electron chi connectivity index (χ1n) is 4.92. The largest absolute Gasteiger partial charge is 0.381 e. The summed E-state index contributed by atoms with van der Waals surface area (Å²) in [6, 6.07) is 5.81. The molecule has 0 bridgehead atoms. The van der Waals surface area contributed by atoms with E-state index in [1.807, 2.05) is 32.0 Å². The number of carbonyl (C=O) groups is 1. The molecule has 0 unspecified atom stereocenters. The van der Waals surface area contributed by atoms with Crippen molar-refractivity contribution in [2.45, 2.75) is 33.3 Å². The third kappa shape index (κ3) is 3.06. The molecule has 0 saturated carbocycles. The summed E-state index contributed by atoms with van der Waals surface area (Å²) in [5.41, 5.74) is 1.46. The van der Waals surface area contributed by atoms with E-state index in [0.717, 1.165) is 16.8 Å². The number of anilines is 1. The molecular weight excluding hydrogens is 190 g/mol. The van der Waals surface area contributed by atoms with Crippen molar-refractivity contribution in [3.8, 4) is 0 Å². The van der Waals surface area contributed by atoms with Crippen LogP contribution in [0.15, 0.2) is 18.2 Å². The Labute approximate surface area is 90.1 Å². The van der Waals surface area contributed by atoms with E-state index in [-0.39, 0.29) is 0 Å². The topological polar surface area (TPSA) is 49.3 Å². The molecular formula is C12H17NO2. The lowest BCUT2D eigenvalue weighted by Crippen LogP contribution is -2.36. The van der Waals surface area contributed by atoms with Crippen LogP contribution >= 0.6 is 0 Å². The van der Waals surface area contributed by atoms with Crippen molar-refractivity contribution < 1.29 is 9.90 Å². The van der Waals surface area contributed by atoms with E-state index in [0.29, 0.717) is 0 Å². The van der Waals surface area contributed by atoms with Crippen LogP contribution in [-0.4, -0.2) is 16.6 Å². The predicted octanol–water partition coefficient (Wildman–Crippen LogP) is 2.01. The van der Waals surface area contributed by atoms with E-state index in [2.05, 4.69) is 5.32 Å². The molecule has 0 aliphatic rings. The van der Waals surface area contributed by atoms with E-state index in [1.54, 1.807) is 0 Å². The van der Waals surface area contributed by atoms with Gasteiger partial charge < -0.3 is 10.4 Å². The lowest BCUT2D eigenvalue weighted by molar-refractivity contribution is -0.130. The minimum atomic E-state index is -1.35. The van der Waals surface area contributed by atoms with Crippen molar-refractivity contribution in [2.24, 2.45) is 0 Å². The fourth-order valence-corrected chi connectivity index (χ4v) is 1.15. The highest BCUT2D eigenvalue weighted by molar-refractivity contribution is 5.97. The standard InChI is InChI=1S/C12H17NO2/c1-8-5-6-9(2)10(7-8)13-11(14)12(3,4)15/h5-7,15H,1-4H3,(H,13,14). The molecule has 3 heteroatoms. The van der Waals surface area contributed by atoms with Crippen LogP contribution in [0.3, 0.4) is 0 Å². The second-order valence-electron chi connectivity index (χ2n) is 4.33. The average molecular weight is 207 g/mol. The number of aryl methyl sites for hydroxylation is 2. The average Bonchev–Trinajstić information content (AvgIpc) is 2.09. The zero-order chi connectivity index (χ0) is 11.6. The number of hydrogen-bond acceptors (Lipinski definition) is 2. The van der Waals surface area contributed by atoms with Crippen LogP contribution < -0.4 is 5.32 Å². The number of nitrogens with one attached hydrogen (secondary N) is 1. The van der Waals surface area contributed by atoms with E-state index < -0.39 is 11.5 Å². The van der Waals surface area contributed by atoms with Gasteiger partial charge in [-0.2, -0.15) is 0 Å². The van der Waals surface area contributed by atoms with Gasteiger partial charge in [-0.25, -0.2) is 0 Å². The maximum atomic E-state index is 11.5. The first-order chi connectivity index (χ1) is 6.80. The molecule has 82 valence electrons. The Morgan fingerprint density at radius 2 is 1.93 bits per heavy atom. The fourth-order valence-electron chi connectivity index (χ4n) is 1.15. The quantitative estimate of drug-likeness (QED) is 0.779. The number of rotatable bonds is 2. The normalized spacial score (nSPS) is 11.3. The summed E-state index contributed by atoms with van der Waals surface area (Å²) >= 11 is 0. The Morgan fingerprint density at radius 1 is 1.33 bits per heavy atom. The van der Waals surface area contributed by atoms with E-state index >= 15 is 0 Å². The summed E-state index contributed by atoms with van der Waals surface area (Å²) in [7, 11) is 0. The molecule has 0 atom stereocenters. The monoisotopic (exact) mass is 207 g/mol. The van der Waals surface area contributed by atoms with Crippen molar-refractivity contribution in [1.29, 1.82) is 0 Å². The highest BCUT2D eigenvalue weighted by atomic mass is 16.3. The second kappa shape index (κ2) is 4.03. The number of benzene rings is 1. The summed E-state index contributed by atoms with van der Waals surface area (Å²) in [6.07, 6.45) is 0. The molecule has 15 heavy (non-hydrogen) atoms. The second-order valence-corrected chi connectivity index (χ2v) is 4.33. The molecule has 3 nitrogen and oxygen atoms in total. The number of hydrogen-bond donors (Lipinski definition) is 2. The fraction of sp³-hybridized carbons (Fsp3) is 0.417. The van der Waals surface area contributed by atoms with Crippen molar-refractivity contribution in [3.63, 3.8) is 0 Å². The highest BCUT2D eigenvalue weighted by Gasteiger charge is 2.23. The minimum absolute atomic E-state index is 0.392. The molecule has 0 radical (unpaired) electrons. The molecule has 0 aromatic heterocycles. The molecule has 0 aliphatic carbocycles. The van der Waals surface area contributed by atoms with Crippen LogP contribution in [0, 0.1) is 13.8 Å². The molecule has 2 N–H and O–H groups in total. The number of aliphatic hydroxyl groups is 1. The van der Waals surface area contributed by atoms with Gasteiger partial charge in [0.25, 0.3) is 5.91 Å². The predicted molar refractivity (Wildman–Crippen MR) is 60.8 cm³/mol. The number of amides is 1. The lowest BCUT2D eigenvalue weighted by Gasteiger charge is -2.17. The Hall–Kier alpha value is -1.35. The van der Waals surface area contributed by atoms with E-state index in [1.165, 1.54) is 13.8 Å². The first kappa shape index (κ1) is 11.7. The summed E-state index contributed by atoms with van der Waals surface area (Å²) < 4.78 is 0. The Morgan fingerprint density at radius 3 is 2.47 bits per heavy atom. The molecule has 1 aromatic carbocycles. The molecule has 1 rings (SSSR count). The van der Waals surface area contributed by atoms with Crippen LogP contribution in [0.4, 0.5) is 5.69 Å². The van der Waals surface area contributed by atoms with Gasteiger partial charge >= 0.3 is 0 Å². The van der Waals surface area contributed by atoms with Crippen LogP contribution in [0.2, 0.25) is 0 Å². The van der Waals surface area contributed by atoms with Gasteiger partial charge in [-0.05, 0) is 44.9 Å². The molecule has 0 spiro atoms. The van der Waals surface area contributed by atoms with Crippen molar-refractivity contribution in [1.82, 2.24) is 0 Å². The van der Waals surface area contributed by atoms with Gasteiger partial charge in [0, 0.05) is 5.69 Å². The summed E-state index contributed by atoms with van der Waals surface area (Å²) in [5.74, 6) is -0.392. The van der Waals surface area contributed by atoms with Gasteiger partial charge in [0.05, 0.1) is 0 Å². The zero-order valence-corrected chi connectivity index (χ0v) is 9.59. The zero-order valence-electron chi connectivity index (χ0n) is 9.59. The van der Waals surface area contributed by atoms with Crippen molar-refractivity contribution in [3.05, 3.63) is 29.3 Å². The SMILES string of the molecule is Cc1ccc(C)c(NC(=O)C(C)(C)O)c1. The molecule has 0 heterocycles. The van der Waals surface area contributed by atoms with Gasteiger partial charge in [0.1, 0.15) is 5.60 Å². The first-order valence-corrected chi connectivity index (χ1v) is 4.92. The van der Waals surface area contributed by atoms with Crippen LogP contribution in [-0.2, 0) is 4.79 Å². The number of carbonyl (C=O) groups excluding carboxylic acids is 1. The Bertz CT molecular complexity index is 378. The van der Waals surface area contributed by atoms with E-state index in [9.17, 15) is 9.90 Å². The van der Waals surface area contributed by atoms with Crippen LogP contribution in [0.25, 0.3) is 0 Å². The lowest BCUT2D eigenvalue weighted by atomic mass is 10.1. The maximum Gasteiger partial charge on any atom is 0.255 e. The molecule has 1 aromatic rings. The summed E-state index contributed by atoms with van der Waals surface area (Å²) in [6.45, 7) is 6.81. The van der Waals surface area contributed by atoms with Crippen LogP contribution in [0.1, 0.15) is 25.0 Å². The third-order valence-electron chi connectivity index (χ3n) is 2.20. The highest BCUT2D eigenvalue weighted by Crippen LogP contribution is 2.17. The Balaban J connectivity index is 2.90. The summed E-state index contributed by atoms with van der Waals surface area (Å²) in [4.78, 5) is 11.5. The smallest absolute Gasteiger partial charge is 0.255 e. The molecule has 0 fully saturated rings. The van der Waals surface area contributed by atoms with Crippen molar-refractivity contribution >= 4 is 11.6 Å². The van der Waals surface area contributed by atoms with Crippen LogP contribution in [0.5, 0.6) is 0 Å². The van der Waals surface area contributed by atoms with Crippen molar-refractivity contribution in [2.75, 3.05) is 5.32 Å². The molecule has 0 saturated heterocycles. The molecule has 0 aliphatic heterocycles.